The van der Waals surface area contributed by atoms with Gasteiger partial charge in [-0.3, -0.25) is 14.4 Å². The minimum atomic E-state index is -3.08. The maximum absolute atomic E-state index is 13.5. The van der Waals surface area contributed by atoms with Crippen LogP contribution in [0.1, 0.15) is 48.5 Å². The van der Waals surface area contributed by atoms with Crippen LogP contribution >= 0.6 is 0 Å². The minimum Gasteiger partial charge on any atom is -0.493 e. The van der Waals surface area contributed by atoms with E-state index in [9.17, 15) is 22.8 Å². The second kappa shape index (κ2) is 13.3. The van der Waals surface area contributed by atoms with E-state index in [0.717, 1.165) is 5.56 Å². The average Bonchev–Trinajstić information content (AvgIpc) is 2.99. The van der Waals surface area contributed by atoms with Gasteiger partial charge in [-0.2, -0.15) is 0 Å². The number of benzene rings is 2. The molecule has 0 aliphatic carbocycles. The molecule has 0 radical (unpaired) electrons. The Morgan fingerprint density at radius 3 is 2.63 bits per heavy atom. The van der Waals surface area contributed by atoms with E-state index in [0.29, 0.717) is 61.6 Å². The number of methoxy groups -OCH3 is 1. The van der Waals surface area contributed by atoms with Crippen LogP contribution in [0.25, 0.3) is 0 Å². The lowest BCUT2D eigenvalue weighted by Gasteiger charge is -2.40. The van der Waals surface area contributed by atoms with Gasteiger partial charge in [0.25, 0.3) is 5.91 Å². The number of hydrogen-bond donors (Lipinski definition) is 1. The Kier molecular flexibility index (Phi) is 9.55. The van der Waals surface area contributed by atoms with E-state index in [1.54, 1.807) is 29.2 Å². The molecule has 0 saturated carbocycles. The molecule has 0 aromatic heterocycles. The second-order valence-electron chi connectivity index (χ2n) is 11.4. The standard InChI is InChI=1S/C31H39N3O8S/c1-3-12-33-19-29(35)32-25-9-13-34(30(36)22-10-14-43(38,39)15-11-22)18-28(25)41-20-21-5-4-6-24(16-21)42-27-17-23(31(33)37)7-8-26(27)40-2/h4-8,16-17,22,25,28H,3,9-15,18-20H2,1-2H3,(H,32,35)/t25-,28-/m0/s1. The van der Waals surface area contributed by atoms with E-state index in [2.05, 4.69) is 5.32 Å². The van der Waals surface area contributed by atoms with Gasteiger partial charge in [0.15, 0.2) is 11.5 Å². The average molecular weight is 614 g/mol. The summed E-state index contributed by atoms with van der Waals surface area (Å²) in [7, 11) is -1.56. The first-order valence-electron chi connectivity index (χ1n) is 14.8. The summed E-state index contributed by atoms with van der Waals surface area (Å²) in [5.41, 5.74) is 1.21. The molecule has 3 aliphatic heterocycles. The van der Waals surface area contributed by atoms with Crippen LogP contribution in [0.2, 0.25) is 0 Å². The normalized spacial score (nSPS) is 23.1. The van der Waals surface area contributed by atoms with Crippen LogP contribution in [0.3, 0.4) is 0 Å². The zero-order valence-corrected chi connectivity index (χ0v) is 25.4. The highest BCUT2D eigenvalue weighted by Crippen LogP contribution is 2.33. The van der Waals surface area contributed by atoms with E-state index in [1.165, 1.54) is 12.0 Å². The Hall–Kier alpha value is -3.64. The van der Waals surface area contributed by atoms with Gasteiger partial charge in [-0.1, -0.05) is 19.1 Å². The van der Waals surface area contributed by atoms with Gasteiger partial charge in [0.2, 0.25) is 11.8 Å². The number of ether oxygens (including phenoxy) is 3. The summed E-state index contributed by atoms with van der Waals surface area (Å²) in [4.78, 5) is 43.5. The smallest absolute Gasteiger partial charge is 0.254 e. The fraction of sp³-hybridized carbons (Fsp3) is 0.516. The Morgan fingerprint density at radius 2 is 1.88 bits per heavy atom. The number of nitrogens with one attached hydrogen (secondary N) is 1. The Labute approximate surface area is 252 Å². The summed E-state index contributed by atoms with van der Waals surface area (Å²) in [5.74, 6) is 0.413. The van der Waals surface area contributed by atoms with E-state index >= 15 is 0 Å². The lowest BCUT2D eigenvalue weighted by Crippen LogP contribution is -2.58. The first-order valence-corrected chi connectivity index (χ1v) is 16.6. The molecule has 2 aromatic carbocycles. The van der Waals surface area contributed by atoms with Gasteiger partial charge < -0.3 is 29.3 Å². The number of likely N-dealkylation sites (tertiary alicyclic amines) is 1. The van der Waals surface area contributed by atoms with Crippen molar-refractivity contribution >= 4 is 27.6 Å². The van der Waals surface area contributed by atoms with Crippen molar-refractivity contribution in [2.45, 2.75) is 51.4 Å². The third kappa shape index (κ3) is 7.48. The molecule has 2 fully saturated rings. The molecule has 0 spiro atoms. The van der Waals surface area contributed by atoms with E-state index in [1.807, 2.05) is 25.1 Å². The molecule has 3 heterocycles. The highest BCUT2D eigenvalue weighted by molar-refractivity contribution is 7.91. The molecule has 3 aliphatic rings. The van der Waals surface area contributed by atoms with Crippen molar-refractivity contribution in [2.75, 3.05) is 44.8 Å². The Bertz CT molecular complexity index is 1450. The van der Waals surface area contributed by atoms with Gasteiger partial charge in [0, 0.05) is 31.1 Å². The molecule has 43 heavy (non-hydrogen) atoms. The van der Waals surface area contributed by atoms with E-state index in [4.69, 9.17) is 14.2 Å². The lowest BCUT2D eigenvalue weighted by atomic mass is 9.96. The molecule has 0 unspecified atom stereocenters. The quantitative estimate of drug-likeness (QED) is 0.557. The third-order valence-electron chi connectivity index (χ3n) is 8.24. The van der Waals surface area contributed by atoms with Crippen molar-refractivity contribution in [2.24, 2.45) is 5.92 Å². The highest BCUT2D eigenvalue weighted by atomic mass is 32.2. The topological polar surface area (TPSA) is 132 Å². The largest absolute Gasteiger partial charge is 0.493 e. The van der Waals surface area contributed by atoms with E-state index in [-0.39, 0.29) is 60.9 Å². The molecule has 4 bridgehead atoms. The molecule has 232 valence electrons. The zero-order valence-electron chi connectivity index (χ0n) is 24.6. The zero-order chi connectivity index (χ0) is 30.6. The summed E-state index contributed by atoms with van der Waals surface area (Å²) in [6, 6.07) is 12.0. The first-order chi connectivity index (χ1) is 20.7. The van der Waals surface area contributed by atoms with Crippen LogP contribution in [-0.2, 0) is 30.8 Å². The Balaban J connectivity index is 1.41. The summed E-state index contributed by atoms with van der Waals surface area (Å²) in [6.07, 6.45) is 1.28. The predicted octanol–water partition coefficient (Wildman–Crippen LogP) is 2.78. The molecule has 11 nitrogen and oxygen atoms in total. The number of fused-ring (bicyclic) bond motifs is 5. The van der Waals surface area contributed by atoms with Gasteiger partial charge >= 0.3 is 0 Å². The minimum absolute atomic E-state index is 0.0245. The number of hydrogen-bond acceptors (Lipinski definition) is 8. The summed E-state index contributed by atoms with van der Waals surface area (Å²) in [5, 5.41) is 3.07. The van der Waals surface area contributed by atoms with Crippen molar-refractivity contribution < 1.29 is 37.0 Å². The maximum atomic E-state index is 13.5. The molecular formula is C31H39N3O8S. The molecule has 5 rings (SSSR count). The first kappa shape index (κ1) is 30.8. The SMILES string of the molecule is CCCN1CC(=O)N[C@H]2CCN(C(=O)C3CCS(=O)(=O)CC3)C[C@@H]2OCc2cccc(c2)Oc2cc(ccc2OC)C1=O. The molecule has 12 heteroatoms. The van der Waals surface area contributed by atoms with Crippen molar-refractivity contribution in [3.05, 3.63) is 53.6 Å². The Morgan fingerprint density at radius 1 is 1.09 bits per heavy atom. The second-order valence-corrected chi connectivity index (χ2v) is 13.7. The summed E-state index contributed by atoms with van der Waals surface area (Å²) < 4.78 is 41.8. The van der Waals surface area contributed by atoms with Gasteiger partial charge in [0.05, 0.1) is 43.9 Å². The molecule has 3 amide bonds. The summed E-state index contributed by atoms with van der Waals surface area (Å²) >= 11 is 0. The van der Waals surface area contributed by atoms with Crippen molar-refractivity contribution in [1.29, 1.82) is 0 Å². The maximum Gasteiger partial charge on any atom is 0.254 e. The fourth-order valence-electron chi connectivity index (χ4n) is 5.90. The van der Waals surface area contributed by atoms with Crippen LogP contribution in [0, 0.1) is 5.92 Å². The van der Waals surface area contributed by atoms with Gasteiger partial charge in [-0.15, -0.1) is 0 Å². The summed E-state index contributed by atoms with van der Waals surface area (Å²) in [6.45, 7) is 3.11. The van der Waals surface area contributed by atoms with Crippen LogP contribution in [0.15, 0.2) is 42.5 Å². The van der Waals surface area contributed by atoms with Crippen molar-refractivity contribution in [3.63, 3.8) is 0 Å². The van der Waals surface area contributed by atoms with Crippen LogP contribution < -0.4 is 14.8 Å². The van der Waals surface area contributed by atoms with Crippen LogP contribution in [0.4, 0.5) is 0 Å². The van der Waals surface area contributed by atoms with Crippen LogP contribution in [-0.4, -0.2) is 92.9 Å². The van der Waals surface area contributed by atoms with E-state index < -0.39 is 15.9 Å². The fourth-order valence-corrected chi connectivity index (χ4v) is 7.39. The third-order valence-corrected chi connectivity index (χ3v) is 9.95. The monoisotopic (exact) mass is 613 g/mol. The van der Waals surface area contributed by atoms with Gasteiger partial charge in [-0.05, 0) is 61.6 Å². The molecule has 2 atom stereocenters. The van der Waals surface area contributed by atoms with Crippen molar-refractivity contribution in [1.82, 2.24) is 15.1 Å². The number of carbonyl (C=O) groups is 3. The predicted molar refractivity (Wildman–Crippen MR) is 159 cm³/mol. The lowest BCUT2D eigenvalue weighted by molar-refractivity contribution is -0.142. The van der Waals surface area contributed by atoms with Gasteiger partial charge in [0.1, 0.15) is 15.6 Å². The number of rotatable bonds is 4. The number of sulfone groups is 1. The highest BCUT2D eigenvalue weighted by Gasteiger charge is 2.37. The number of carbonyl (C=O) groups excluding carboxylic acids is 3. The molecule has 1 N–H and O–H groups in total. The van der Waals surface area contributed by atoms with Crippen molar-refractivity contribution in [3.8, 4) is 17.2 Å². The number of amides is 3. The molecule has 2 aromatic rings. The van der Waals surface area contributed by atoms with Gasteiger partial charge in [-0.25, -0.2) is 8.42 Å². The molecular weight excluding hydrogens is 574 g/mol. The molecule has 2 saturated heterocycles. The number of nitrogens with zero attached hydrogens (tertiary/aromatic N) is 2. The number of piperidine rings is 1. The van der Waals surface area contributed by atoms with Crippen LogP contribution in [0.5, 0.6) is 17.2 Å².